The van der Waals surface area contributed by atoms with E-state index in [4.69, 9.17) is 21.4 Å². The highest BCUT2D eigenvalue weighted by atomic mass is 35.5. The Morgan fingerprint density at radius 2 is 2.24 bits per heavy atom. The van der Waals surface area contributed by atoms with Crippen molar-refractivity contribution in [2.75, 3.05) is 11.9 Å². The highest BCUT2D eigenvalue weighted by Crippen LogP contribution is 2.29. The van der Waals surface area contributed by atoms with E-state index >= 15 is 0 Å². The first kappa shape index (κ1) is 13.7. The van der Waals surface area contributed by atoms with Crippen molar-refractivity contribution >= 4 is 23.4 Å². The van der Waals surface area contributed by atoms with Gasteiger partial charge in [0.25, 0.3) is 0 Å². The zero-order chi connectivity index (χ0) is 14.8. The third-order valence-electron chi connectivity index (χ3n) is 3.33. The van der Waals surface area contributed by atoms with Gasteiger partial charge in [-0.15, -0.1) is 0 Å². The number of nitrogens with one attached hydrogen (secondary N) is 1. The number of hydrogen-bond donors (Lipinski definition) is 2. The summed E-state index contributed by atoms with van der Waals surface area (Å²) in [4.78, 5) is 15.1. The molecule has 2 N–H and O–H groups in total. The number of aromatic carboxylic acids is 1. The van der Waals surface area contributed by atoms with Gasteiger partial charge >= 0.3 is 5.97 Å². The lowest BCUT2D eigenvalue weighted by Gasteiger charge is -2.13. The molecule has 1 aliphatic heterocycles. The van der Waals surface area contributed by atoms with Gasteiger partial charge in [0.2, 0.25) is 0 Å². The minimum absolute atomic E-state index is 0.0197. The quantitative estimate of drug-likeness (QED) is 0.909. The zero-order valence-electron chi connectivity index (χ0n) is 11.0. The van der Waals surface area contributed by atoms with Crippen LogP contribution in [0.15, 0.2) is 36.5 Å². The molecule has 2 heterocycles. The predicted molar refractivity (Wildman–Crippen MR) is 79.3 cm³/mol. The van der Waals surface area contributed by atoms with E-state index in [9.17, 15) is 4.79 Å². The Hall–Kier alpha value is -2.27. The number of carboxylic acids is 1. The van der Waals surface area contributed by atoms with Gasteiger partial charge in [0.15, 0.2) is 0 Å². The van der Waals surface area contributed by atoms with Gasteiger partial charge in [-0.25, -0.2) is 9.78 Å². The lowest BCUT2D eigenvalue weighted by atomic mass is 10.1. The van der Waals surface area contributed by atoms with Crippen LogP contribution >= 0.6 is 11.6 Å². The SMILES string of the molecule is O=C(O)c1ccnc(NCC2Cc3ccccc3O2)c1Cl. The minimum atomic E-state index is -1.07. The third kappa shape index (κ3) is 2.78. The number of anilines is 1. The molecule has 1 aromatic heterocycles. The molecule has 0 aliphatic carbocycles. The first-order chi connectivity index (χ1) is 10.1. The van der Waals surface area contributed by atoms with Crippen LogP contribution in [0, 0.1) is 0 Å². The Morgan fingerprint density at radius 1 is 1.43 bits per heavy atom. The standard InChI is InChI=1S/C15H13ClN2O3/c16-13-11(15(19)20)5-6-17-14(13)18-8-10-7-9-3-1-2-4-12(9)21-10/h1-6,10H,7-8H2,(H,17,18)(H,19,20). The van der Waals surface area contributed by atoms with Crippen molar-refractivity contribution in [3.63, 3.8) is 0 Å². The Morgan fingerprint density at radius 3 is 3.00 bits per heavy atom. The smallest absolute Gasteiger partial charge is 0.337 e. The molecule has 2 aromatic rings. The molecule has 5 nitrogen and oxygen atoms in total. The molecule has 0 spiro atoms. The number of nitrogens with zero attached hydrogens (tertiary/aromatic N) is 1. The van der Waals surface area contributed by atoms with Crippen molar-refractivity contribution in [3.05, 3.63) is 52.7 Å². The third-order valence-corrected chi connectivity index (χ3v) is 3.71. The first-order valence-electron chi connectivity index (χ1n) is 6.51. The topological polar surface area (TPSA) is 71.5 Å². The van der Waals surface area contributed by atoms with E-state index in [1.165, 1.54) is 17.8 Å². The number of rotatable bonds is 4. The number of pyridine rings is 1. The fourth-order valence-corrected chi connectivity index (χ4v) is 2.57. The van der Waals surface area contributed by atoms with Gasteiger partial charge < -0.3 is 15.2 Å². The summed E-state index contributed by atoms with van der Waals surface area (Å²) in [5.41, 5.74) is 1.20. The summed E-state index contributed by atoms with van der Waals surface area (Å²) >= 11 is 6.03. The monoisotopic (exact) mass is 304 g/mol. The highest BCUT2D eigenvalue weighted by Gasteiger charge is 2.22. The number of fused-ring (bicyclic) bond motifs is 1. The molecule has 1 atom stereocenters. The number of carbonyl (C=O) groups is 1. The van der Waals surface area contributed by atoms with Crippen LogP contribution in [0.25, 0.3) is 0 Å². The molecule has 0 bridgehead atoms. The number of carboxylic acid groups (broad SMARTS) is 1. The number of hydrogen-bond acceptors (Lipinski definition) is 4. The summed E-state index contributed by atoms with van der Waals surface area (Å²) in [6.07, 6.45) is 2.20. The van der Waals surface area contributed by atoms with Gasteiger partial charge in [0.1, 0.15) is 17.7 Å². The van der Waals surface area contributed by atoms with Crippen molar-refractivity contribution in [1.82, 2.24) is 4.98 Å². The maximum atomic E-state index is 11.0. The summed E-state index contributed by atoms with van der Waals surface area (Å²) in [6, 6.07) is 9.26. The van der Waals surface area contributed by atoms with E-state index in [-0.39, 0.29) is 16.7 Å². The molecule has 0 saturated heterocycles. The molecule has 1 unspecified atom stereocenters. The number of halogens is 1. The first-order valence-corrected chi connectivity index (χ1v) is 6.89. The number of ether oxygens (including phenoxy) is 1. The van der Waals surface area contributed by atoms with Gasteiger partial charge in [-0.1, -0.05) is 29.8 Å². The van der Waals surface area contributed by atoms with Crippen LogP contribution in [0.2, 0.25) is 5.02 Å². The lowest BCUT2D eigenvalue weighted by molar-refractivity contribution is 0.0697. The van der Waals surface area contributed by atoms with Gasteiger partial charge in [-0.3, -0.25) is 0 Å². The largest absolute Gasteiger partial charge is 0.488 e. The average molecular weight is 305 g/mol. The summed E-state index contributed by atoms with van der Waals surface area (Å²) in [5.74, 6) is 0.175. The average Bonchev–Trinajstić information content (AvgIpc) is 2.88. The Kier molecular flexibility index (Phi) is 3.66. The maximum absolute atomic E-state index is 11.0. The van der Waals surface area contributed by atoms with E-state index in [1.807, 2.05) is 24.3 Å². The summed E-state index contributed by atoms with van der Waals surface area (Å²) in [5, 5.41) is 12.2. The van der Waals surface area contributed by atoms with E-state index in [0.717, 1.165) is 12.2 Å². The molecule has 108 valence electrons. The molecule has 21 heavy (non-hydrogen) atoms. The fourth-order valence-electron chi connectivity index (χ4n) is 2.31. The van der Waals surface area contributed by atoms with E-state index in [2.05, 4.69) is 10.3 Å². The van der Waals surface area contributed by atoms with E-state index < -0.39 is 5.97 Å². The summed E-state index contributed by atoms with van der Waals surface area (Å²) < 4.78 is 5.80. The molecule has 0 fully saturated rings. The Labute approximate surface area is 126 Å². The number of aromatic nitrogens is 1. The molecule has 3 rings (SSSR count). The Balaban J connectivity index is 1.67. The Bertz CT molecular complexity index is 665. The van der Waals surface area contributed by atoms with Gasteiger partial charge in [-0.05, 0) is 17.7 Å². The number of para-hydroxylation sites is 1. The second-order valence-electron chi connectivity index (χ2n) is 4.76. The molecule has 1 aromatic carbocycles. The molecule has 0 saturated carbocycles. The summed E-state index contributed by atoms with van der Waals surface area (Å²) in [7, 11) is 0. The van der Waals surface area contributed by atoms with Crippen LogP contribution < -0.4 is 10.1 Å². The fraction of sp³-hybridized carbons (Fsp3) is 0.200. The lowest BCUT2D eigenvalue weighted by Crippen LogP contribution is -2.24. The normalized spacial score (nSPS) is 16.1. The van der Waals surface area contributed by atoms with Gasteiger partial charge in [-0.2, -0.15) is 0 Å². The molecular weight excluding hydrogens is 292 g/mol. The van der Waals surface area contributed by atoms with Crippen LogP contribution in [-0.2, 0) is 6.42 Å². The molecular formula is C15H13ClN2O3. The van der Waals surface area contributed by atoms with Crippen molar-refractivity contribution in [2.45, 2.75) is 12.5 Å². The van der Waals surface area contributed by atoms with Crippen LogP contribution in [0.3, 0.4) is 0 Å². The minimum Gasteiger partial charge on any atom is -0.488 e. The van der Waals surface area contributed by atoms with Gasteiger partial charge in [0.05, 0.1) is 17.1 Å². The number of benzene rings is 1. The molecule has 0 amide bonds. The van der Waals surface area contributed by atoms with Crippen LogP contribution in [0.4, 0.5) is 5.82 Å². The summed E-state index contributed by atoms with van der Waals surface area (Å²) in [6.45, 7) is 0.504. The van der Waals surface area contributed by atoms with Crippen LogP contribution in [0.5, 0.6) is 5.75 Å². The second-order valence-corrected chi connectivity index (χ2v) is 5.14. The highest BCUT2D eigenvalue weighted by molar-refractivity contribution is 6.35. The maximum Gasteiger partial charge on any atom is 0.337 e. The second kappa shape index (κ2) is 5.61. The van der Waals surface area contributed by atoms with Crippen molar-refractivity contribution in [1.29, 1.82) is 0 Å². The van der Waals surface area contributed by atoms with Crippen LogP contribution in [-0.4, -0.2) is 28.7 Å². The van der Waals surface area contributed by atoms with E-state index in [0.29, 0.717) is 12.4 Å². The van der Waals surface area contributed by atoms with Crippen LogP contribution in [0.1, 0.15) is 15.9 Å². The zero-order valence-corrected chi connectivity index (χ0v) is 11.8. The molecule has 1 aliphatic rings. The van der Waals surface area contributed by atoms with Crippen molar-refractivity contribution < 1.29 is 14.6 Å². The van der Waals surface area contributed by atoms with Crippen molar-refractivity contribution in [3.8, 4) is 5.75 Å². The van der Waals surface area contributed by atoms with Gasteiger partial charge in [0, 0.05) is 12.6 Å². The molecule has 6 heteroatoms. The predicted octanol–water partition coefficient (Wildman–Crippen LogP) is 2.85. The van der Waals surface area contributed by atoms with E-state index in [1.54, 1.807) is 0 Å². The molecule has 0 radical (unpaired) electrons. The van der Waals surface area contributed by atoms with Crippen molar-refractivity contribution in [2.24, 2.45) is 0 Å².